The van der Waals surface area contributed by atoms with Gasteiger partial charge in [-0.15, -0.1) is 0 Å². The molecule has 4 nitrogen and oxygen atoms in total. The minimum atomic E-state index is 0. The van der Waals surface area contributed by atoms with Crippen LogP contribution in [-0.4, -0.2) is 11.8 Å². The second-order valence-corrected chi connectivity index (χ2v) is 1.14. The van der Waals surface area contributed by atoms with Crippen molar-refractivity contribution in [1.82, 2.24) is 10.6 Å². The first-order valence-electron chi connectivity index (χ1n) is 2.08. The smallest absolute Gasteiger partial charge is 0.182 e. The van der Waals surface area contributed by atoms with Crippen molar-refractivity contribution >= 4 is 0 Å². The number of rotatable bonds is 1. The summed E-state index contributed by atoms with van der Waals surface area (Å²) >= 11 is 0. The van der Waals surface area contributed by atoms with Gasteiger partial charge in [0.25, 0.3) is 0 Å². The van der Waals surface area contributed by atoms with Crippen LogP contribution < -0.4 is 23.6 Å². The highest BCUT2D eigenvalue weighted by Crippen LogP contribution is 1.88. The van der Waals surface area contributed by atoms with Crippen molar-refractivity contribution < 1.29 is 23.0 Å². The molecule has 0 saturated heterocycles. The zero-order valence-electron chi connectivity index (χ0n) is 4.30. The number of hydrogen-bond donors (Lipinski definition) is 2. The van der Waals surface area contributed by atoms with Crippen LogP contribution in [0.1, 0.15) is 0 Å². The summed E-state index contributed by atoms with van der Waals surface area (Å²) < 4.78 is 0. The normalized spacial score (nSPS) is 16.6. The molecule has 0 aliphatic carbocycles. The summed E-state index contributed by atoms with van der Waals surface area (Å²) in [5, 5.41) is 1.51. The quantitative estimate of drug-likeness (QED) is 0.383. The molecule has 0 radical (unpaired) electrons. The fourth-order valence-electron chi connectivity index (χ4n) is 0.365. The Morgan fingerprint density at radius 3 is 2.75 bits per heavy atom. The molecule has 0 spiro atoms. The topological polar surface area (TPSA) is 52.1 Å². The van der Waals surface area contributed by atoms with E-state index < -0.39 is 0 Å². The number of nitrogens with zero attached hydrogens (tertiary/aromatic N) is 1. The van der Waals surface area contributed by atoms with Gasteiger partial charge in [-0.2, -0.15) is 0 Å². The van der Waals surface area contributed by atoms with Crippen LogP contribution in [0, 0.1) is 0 Å². The summed E-state index contributed by atoms with van der Waals surface area (Å²) in [5.41, 5.74) is 6.34. The van der Waals surface area contributed by atoms with Gasteiger partial charge in [-0.1, -0.05) is 0 Å². The van der Waals surface area contributed by atoms with Gasteiger partial charge >= 0.3 is 0 Å². The largest absolute Gasteiger partial charge is 1.00 e. The first kappa shape index (κ1) is 7.55. The molecule has 0 unspecified atom stereocenters. The zero-order chi connectivity index (χ0) is 5.11. The van der Waals surface area contributed by atoms with Crippen molar-refractivity contribution in [2.45, 2.75) is 0 Å². The maximum Gasteiger partial charge on any atom is 0.182 e. The molecule has 4 N–H and O–H groups in total. The maximum absolute atomic E-state index is 4.78. The summed E-state index contributed by atoms with van der Waals surface area (Å²) in [7, 11) is 0. The first-order chi connectivity index (χ1) is 3.43. The Hall–Kier alpha value is -0.450. The monoisotopic (exact) mass is 137 g/mol. The van der Waals surface area contributed by atoms with Crippen molar-refractivity contribution in [2.75, 3.05) is 6.67 Å². The number of hydrogen-bond acceptors (Lipinski definition) is 3. The molecule has 1 heterocycles. The summed E-state index contributed by atoms with van der Waals surface area (Å²) in [5.74, 6) is 0. The van der Waals surface area contributed by atoms with Gasteiger partial charge in [-0.3, -0.25) is 5.43 Å². The maximum atomic E-state index is 4.78. The third kappa shape index (κ3) is 1.57. The summed E-state index contributed by atoms with van der Waals surface area (Å²) in [6.07, 6.45) is 3.26. The molecule has 1 rings (SSSR count). The molecule has 0 aromatic heterocycles. The van der Waals surface area contributed by atoms with E-state index >= 15 is 0 Å². The zero-order valence-corrected chi connectivity index (χ0v) is 5.06. The predicted octanol–water partition coefficient (Wildman–Crippen LogP) is -4.59. The molecule has 0 saturated carbocycles. The molecule has 1 aliphatic rings. The van der Waals surface area contributed by atoms with Crippen LogP contribution in [-0.2, 0) is 4.84 Å². The van der Waals surface area contributed by atoms with Crippen LogP contribution in [0.15, 0.2) is 12.5 Å². The molecule has 0 atom stereocenters. The Morgan fingerprint density at radius 2 is 2.50 bits per heavy atom. The number of hydrazine groups is 1. The average molecular weight is 138 g/mol. The SMILES string of the molecule is [Cl-].[NH3+]CN1NC=CO1. The second-order valence-electron chi connectivity index (χ2n) is 1.14. The number of quaternary nitrogens is 1. The van der Waals surface area contributed by atoms with E-state index in [2.05, 4.69) is 11.2 Å². The van der Waals surface area contributed by atoms with Crippen LogP contribution >= 0.6 is 0 Å². The van der Waals surface area contributed by atoms with E-state index in [1.54, 1.807) is 12.5 Å². The number of hydroxylamine groups is 1. The highest BCUT2D eigenvalue weighted by molar-refractivity contribution is 4.70. The molecular weight excluding hydrogens is 130 g/mol. The van der Waals surface area contributed by atoms with E-state index in [1.807, 2.05) is 0 Å². The Balaban J connectivity index is 0.000000490. The van der Waals surface area contributed by atoms with Gasteiger partial charge < -0.3 is 23.0 Å². The number of nitrogens with one attached hydrogen (secondary N) is 1. The van der Waals surface area contributed by atoms with Gasteiger partial charge in [0.1, 0.15) is 6.26 Å². The lowest BCUT2D eigenvalue weighted by Crippen LogP contribution is -3.00. The molecule has 0 bridgehead atoms. The van der Waals surface area contributed by atoms with E-state index in [4.69, 9.17) is 4.84 Å². The van der Waals surface area contributed by atoms with Gasteiger partial charge in [0.15, 0.2) is 6.67 Å². The molecule has 5 heteroatoms. The van der Waals surface area contributed by atoms with Crippen LogP contribution in [0.25, 0.3) is 0 Å². The van der Waals surface area contributed by atoms with Crippen molar-refractivity contribution in [1.29, 1.82) is 0 Å². The Morgan fingerprint density at radius 1 is 1.75 bits per heavy atom. The molecule has 0 fully saturated rings. The van der Waals surface area contributed by atoms with Gasteiger partial charge in [-0.05, 0) is 5.17 Å². The summed E-state index contributed by atoms with van der Waals surface area (Å²) in [6, 6.07) is 0. The molecule has 0 aromatic carbocycles. The average Bonchev–Trinajstić information content (AvgIpc) is 2.14. The van der Waals surface area contributed by atoms with Gasteiger partial charge in [0.05, 0.1) is 6.20 Å². The molecule has 0 amide bonds. The van der Waals surface area contributed by atoms with Crippen molar-refractivity contribution in [3.05, 3.63) is 12.5 Å². The van der Waals surface area contributed by atoms with Gasteiger partial charge in [-0.25, -0.2) is 0 Å². The first-order valence-corrected chi connectivity index (χ1v) is 2.08. The fourth-order valence-corrected chi connectivity index (χ4v) is 0.365. The van der Waals surface area contributed by atoms with Crippen LogP contribution in [0.5, 0.6) is 0 Å². The molecule has 48 valence electrons. The molecule has 1 aliphatic heterocycles. The third-order valence-electron chi connectivity index (χ3n) is 0.678. The van der Waals surface area contributed by atoms with Gasteiger partial charge in [0.2, 0.25) is 0 Å². The van der Waals surface area contributed by atoms with Crippen LogP contribution in [0.4, 0.5) is 0 Å². The van der Waals surface area contributed by atoms with Crippen molar-refractivity contribution in [3.63, 3.8) is 0 Å². The highest BCUT2D eigenvalue weighted by atomic mass is 35.5. The number of halogens is 1. The van der Waals surface area contributed by atoms with Crippen molar-refractivity contribution in [2.24, 2.45) is 0 Å². The Bertz CT molecular complexity index is 78.6. The summed E-state index contributed by atoms with van der Waals surface area (Å²) in [6.45, 7) is 0.604. The third-order valence-corrected chi connectivity index (χ3v) is 0.678. The van der Waals surface area contributed by atoms with Crippen LogP contribution in [0.2, 0.25) is 0 Å². The van der Waals surface area contributed by atoms with Crippen LogP contribution in [0.3, 0.4) is 0 Å². The van der Waals surface area contributed by atoms with Crippen molar-refractivity contribution in [3.8, 4) is 0 Å². The Labute approximate surface area is 53.6 Å². The lowest BCUT2D eigenvalue weighted by atomic mass is 11.0. The minimum absolute atomic E-state index is 0. The van der Waals surface area contributed by atoms with E-state index in [0.717, 1.165) is 0 Å². The van der Waals surface area contributed by atoms with E-state index in [0.29, 0.717) is 6.67 Å². The summed E-state index contributed by atoms with van der Waals surface area (Å²) in [4.78, 5) is 4.78. The van der Waals surface area contributed by atoms with E-state index in [1.165, 1.54) is 5.17 Å². The predicted molar refractivity (Wildman–Crippen MR) is 23.0 cm³/mol. The molecule has 0 aromatic rings. The minimum Gasteiger partial charge on any atom is -1.00 e. The second kappa shape index (κ2) is 3.54. The van der Waals surface area contributed by atoms with E-state index in [9.17, 15) is 0 Å². The fraction of sp³-hybridized carbons (Fsp3) is 0.333. The molecular formula is C3H8ClN3O. The van der Waals surface area contributed by atoms with Gasteiger partial charge in [0, 0.05) is 0 Å². The highest BCUT2D eigenvalue weighted by Gasteiger charge is 2.02. The van der Waals surface area contributed by atoms with E-state index in [-0.39, 0.29) is 12.4 Å². The standard InChI is InChI=1S/C3H7N3O.ClH/c4-3-6-5-1-2-7-6;/h1-2,5H,3-4H2;1H. The molecule has 8 heavy (non-hydrogen) atoms. The lowest BCUT2D eigenvalue weighted by Gasteiger charge is -2.06. The Kier molecular flexibility index (Phi) is 3.34. The lowest BCUT2D eigenvalue weighted by molar-refractivity contribution is -0.439.